The molecule has 0 radical (unpaired) electrons. The summed E-state index contributed by atoms with van der Waals surface area (Å²) in [6, 6.07) is 11.2. The maximum Gasteiger partial charge on any atom is 0.180 e. The average molecular weight is 470 g/mol. The Labute approximate surface area is 145 Å². The summed E-state index contributed by atoms with van der Waals surface area (Å²) in [6.45, 7) is 14.0. The van der Waals surface area contributed by atoms with Gasteiger partial charge in [0, 0.05) is 28.0 Å². The summed E-state index contributed by atoms with van der Waals surface area (Å²) in [5.74, 6) is 0.775. The van der Waals surface area contributed by atoms with Gasteiger partial charge in [-0.3, -0.25) is 0 Å². The molecule has 2 rings (SSSR count). The van der Waals surface area contributed by atoms with Crippen molar-refractivity contribution in [3.8, 4) is 0 Å². The van der Waals surface area contributed by atoms with Crippen LogP contribution in [0.25, 0.3) is 0 Å². The van der Waals surface area contributed by atoms with E-state index < -0.39 is 0 Å². The van der Waals surface area contributed by atoms with Crippen LogP contribution in [0.4, 0.5) is 0 Å². The Balaban J connectivity index is 0. The van der Waals surface area contributed by atoms with Gasteiger partial charge >= 0.3 is 0 Å². The number of nitrogens with zero attached hydrogens (tertiary/aromatic N) is 1. The Morgan fingerprint density at radius 3 is 2.14 bits per heavy atom. The molecule has 1 aromatic rings. The Morgan fingerprint density at radius 2 is 1.81 bits per heavy atom. The molecule has 1 heterocycles. The largest absolute Gasteiger partial charge is 0.479 e. The van der Waals surface area contributed by atoms with E-state index in [-0.39, 0.29) is 27.1 Å². The van der Waals surface area contributed by atoms with Gasteiger partial charge in [0.1, 0.15) is 6.61 Å². The van der Waals surface area contributed by atoms with E-state index in [2.05, 4.69) is 38.8 Å². The normalized spacial score (nSPS) is 15.3. The van der Waals surface area contributed by atoms with Crippen molar-refractivity contribution in [1.82, 2.24) is 0 Å². The molecule has 1 atom stereocenters. The van der Waals surface area contributed by atoms with E-state index in [0.717, 1.165) is 24.3 Å². The number of ether oxygens (including phenoxy) is 1. The van der Waals surface area contributed by atoms with Crippen molar-refractivity contribution in [1.29, 1.82) is 0 Å². The number of aliphatic imine (C=N–C) groups is 1. The summed E-state index contributed by atoms with van der Waals surface area (Å²) in [6.07, 6.45) is 4.56. The van der Waals surface area contributed by atoms with E-state index in [1.54, 1.807) is 0 Å². The fourth-order valence-electron chi connectivity index (χ4n) is 1.27. The predicted octanol–water partition coefficient (Wildman–Crippen LogP) is 5.22. The zero-order chi connectivity index (χ0) is 15.2. The molecular formula is C18H28NOPt-3. The zero-order valence-electron chi connectivity index (χ0n) is 13.5. The van der Waals surface area contributed by atoms with Crippen LogP contribution < -0.4 is 0 Å². The van der Waals surface area contributed by atoms with Gasteiger partial charge in [0.2, 0.25) is 0 Å². The molecular weight excluding hydrogens is 441 g/mol. The third-order valence-corrected chi connectivity index (χ3v) is 2.59. The summed E-state index contributed by atoms with van der Waals surface area (Å²) in [5, 5.41) is 0. The van der Waals surface area contributed by atoms with Gasteiger partial charge in [-0.25, -0.2) is 4.99 Å². The third-order valence-electron chi connectivity index (χ3n) is 2.59. The molecule has 2 nitrogen and oxygen atoms in total. The van der Waals surface area contributed by atoms with Crippen LogP contribution in [0.5, 0.6) is 0 Å². The van der Waals surface area contributed by atoms with Gasteiger partial charge in [-0.2, -0.15) is 43.2 Å². The van der Waals surface area contributed by atoms with Gasteiger partial charge in [0.25, 0.3) is 0 Å². The molecule has 1 aliphatic heterocycles. The number of rotatable bonds is 3. The maximum atomic E-state index is 5.25. The van der Waals surface area contributed by atoms with Crippen LogP contribution in [-0.2, 0) is 25.8 Å². The molecule has 3 heteroatoms. The zero-order valence-corrected chi connectivity index (χ0v) is 15.8. The van der Waals surface area contributed by atoms with Crippen LogP contribution in [0.1, 0.15) is 58.1 Å². The molecule has 0 saturated heterocycles. The van der Waals surface area contributed by atoms with E-state index in [9.17, 15) is 0 Å². The SMILES string of the molecule is CC1=N[C@@H](c2[c-]cccc2)CO1.[CH2-]CCC.[CH2-]CCC.[Pt]. The summed E-state index contributed by atoms with van der Waals surface area (Å²) in [4.78, 5) is 4.32. The monoisotopic (exact) mass is 469 g/mol. The van der Waals surface area contributed by atoms with Gasteiger partial charge in [-0.05, 0) is 0 Å². The summed E-state index contributed by atoms with van der Waals surface area (Å²) in [7, 11) is 0. The molecule has 0 aliphatic carbocycles. The van der Waals surface area contributed by atoms with Crippen LogP contribution in [0.3, 0.4) is 0 Å². The van der Waals surface area contributed by atoms with Crippen LogP contribution in [0.15, 0.2) is 29.3 Å². The van der Waals surface area contributed by atoms with Crippen LogP contribution in [0.2, 0.25) is 0 Å². The van der Waals surface area contributed by atoms with Gasteiger partial charge in [0.15, 0.2) is 5.90 Å². The molecule has 0 saturated carbocycles. The summed E-state index contributed by atoms with van der Waals surface area (Å²) >= 11 is 0. The maximum absolute atomic E-state index is 5.25. The molecule has 0 aromatic heterocycles. The van der Waals surface area contributed by atoms with E-state index in [0.29, 0.717) is 6.61 Å². The molecule has 1 aliphatic rings. The Bertz CT molecular complexity index is 343. The fourth-order valence-corrected chi connectivity index (χ4v) is 1.27. The first-order chi connectivity index (χ1) is 9.69. The Morgan fingerprint density at radius 1 is 1.24 bits per heavy atom. The van der Waals surface area contributed by atoms with Crippen molar-refractivity contribution in [3.63, 3.8) is 0 Å². The smallest absolute Gasteiger partial charge is 0.180 e. The first kappa shape index (κ1) is 22.7. The Hall–Kier alpha value is -0.622. The first-order valence-electron chi connectivity index (χ1n) is 7.41. The van der Waals surface area contributed by atoms with Crippen molar-refractivity contribution in [3.05, 3.63) is 49.7 Å². The molecule has 0 spiro atoms. The van der Waals surface area contributed by atoms with Gasteiger partial charge in [0.05, 0.1) is 6.04 Å². The van der Waals surface area contributed by atoms with Gasteiger partial charge in [-0.1, -0.05) is 26.7 Å². The van der Waals surface area contributed by atoms with Crippen LogP contribution >= 0.6 is 0 Å². The van der Waals surface area contributed by atoms with E-state index in [4.69, 9.17) is 4.74 Å². The predicted molar refractivity (Wildman–Crippen MR) is 87.6 cm³/mol. The van der Waals surface area contributed by atoms with Crippen LogP contribution in [-0.4, -0.2) is 12.5 Å². The summed E-state index contributed by atoms with van der Waals surface area (Å²) < 4.78 is 5.25. The number of unbranched alkanes of at least 4 members (excludes halogenated alkanes) is 2. The number of hydrogen-bond acceptors (Lipinski definition) is 2. The molecule has 0 fully saturated rings. The number of hydrogen-bond donors (Lipinski definition) is 0. The molecule has 21 heavy (non-hydrogen) atoms. The topological polar surface area (TPSA) is 21.6 Å². The molecule has 0 N–H and O–H groups in total. The molecule has 0 amide bonds. The minimum absolute atomic E-state index is 0. The molecule has 0 bridgehead atoms. The molecule has 0 unspecified atom stereocenters. The van der Waals surface area contributed by atoms with E-state index in [1.165, 1.54) is 12.8 Å². The van der Waals surface area contributed by atoms with Crippen molar-refractivity contribution < 1.29 is 25.8 Å². The average Bonchev–Trinajstić information content (AvgIpc) is 2.95. The third kappa shape index (κ3) is 11.7. The van der Waals surface area contributed by atoms with E-state index in [1.807, 2.05) is 31.2 Å². The first-order valence-corrected chi connectivity index (χ1v) is 7.41. The minimum atomic E-state index is 0. The van der Waals surface area contributed by atoms with Crippen molar-refractivity contribution in [2.45, 2.75) is 52.5 Å². The summed E-state index contributed by atoms with van der Waals surface area (Å²) in [5.41, 5.74) is 1.11. The number of benzene rings is 1. The van der Waals surface area contributed by atoms with Crippen molar-refractivity contribution in [2.24, 2.45) is 4.99 Å². The van der Waals surface area contributed by atoms with Gasteiger partial charge in [-0.15, -0.1) is 5.56 Å². The molecule has 124 valence electrons. The van der Waals surface area contributed by atoms with Gasteiger partial charge < -0.3 is 18.6 Å². The second-order valence-corrected chi connectivity index (χ2v) is 4.50. The minimum Gasteiger partial charge on any atom is -0.479 e. The van der Waals surface area contributed by atoms with E-state index >= 15 is 0 Å². The fraction of sp³-hybridized carbons (Fsp3) is 0.500. The Kier molecular flexibility index (Phi) is 17.0. The van der Waals surface area contributed by atoms with Crippen molar-refractivity contribution >= 4 is 5.90 Å². The van der Waals surface area contributed by atoms with Crippen molar-refractivity contribution in [2.75, 3.05) is 6.61 Å². The standard InChI is InChI=1S/C10H10NO.2C4H9.Pt/c1-8-11-10(7-12-8)9-5-3-2-4-6-9;2*1-3-4-2;/h2-5,10H,7H2,1H3;2*1,3-4H2,2H3;/q3*-1;/t10-;;;/m1.../s1. The quantitative estimate of drug-likeness (QED) is 0.557. The van der Waals surface area contributed by atoms with Crippen LogP contribution in [0, 0.1) is 19.9 Å². The molecule has 1 aromatic carbocycles. The second-order valence-electron chi connectivity index (χ2n) is 4.50. The second kappa shape index (κ2) is 15.8.